The van der Waals surface area contributed by atoms with Crippen LogP contribution in [0.1, 0.15) is 26.4 Å². The molecule has 0 unspecified atom stereocenters. The van der Waals surface area contributed by atoms with Crippen molar-refractivity contribution in [1.29, 1.82) is 0 Å². The van der Waals surface area contributed by atoms with E-state index in [1.807, 2.05) is 0 Å². The van der Waals surface area contributed by atoms with Crippen LogP contribution in [0, 0.1) is 0 Å². The molecule has 0 saturated carbocycles. The highest BCUT2D eigenvalue weighted by atomic mass is 79.9. The van der Waals surface area contributed by atoms with Gasteiger partial charge in [0.25, 0.3) is 5.91 Å². The molecule has 4 nitrogen and oxygen atoms in total. The van der Waals surface area contributed by atoms with Gasteiger partial charge in [-0.3, -0.25) is 4.79 Å². The van der Waals surface area contributed by atoms with Crippen LogP contribution in [0.15, 0.2) is 28.1 Å². The van der Waals surface area contributed by atoms with E-state index in [0.29, 0.717) is 17.2 Å². The molecule has 22 heavy (non-hydrogen) atoms. The van der Waals surface area contributed by atoms with E-state index in [4.69, 9.17) is 4.74 Å². The van der Waals surface area contributed by atoms with Gasteiger partial charge in [-0.1, -0.05) is 18.2 Å². The number of carbonyl (C=O) groups is 1. The van der Waals surface area contributed by atoms with E-state index < -0.39 is 0 Å². The lowest BCUT2D eigenvalue weighted by molar-refractivity contribution is 0.0954. The number of carbonyl (C=O) groups excluding carboxylic acids is 1. The molecule has 0 radical (unpaired) electrons. The van der Waals surface area contributed by atoms with E-state index in [1.165, 1.54) is 22.5 Å². The number of thiophene rings is 1. The Labute approximate surface area is 147 Å². The van der Waals surface area contributed by atoms with Crippen LogP contribution in [0.5, 0.6) is 5.75 Å². The fourth-order valence-electron chi connectivity index (χ4n) is 2.33. The van der Waals surface area contributed by atoms with Crippen LogP contribution in [0.3, 0.4) is 0 Å². The third-order valence-corrected chi connectivity index (χ3v) is 5.23. The Morgan fingerprint density at radius 1 is 1.36 bits per heavy atom. The summed E-state index contributed by atoms with van der Waals surface area (Å²) in [6.07, 6.45) is 0. The lowest BCUT2D eigenvalue weighted by Crippen LogP contribution is -2.21. The van der Waals surface area contributed by atoms with Crippen molar-refractivity contribution in [3.05, 3.63) is 49.6 Å². The van der Waals surface area contributed by atoms with Crippen molar-refractivity contribution in [3.8, 4) is 5.75 Å². The van der Waals surface area contributed by atoms with Gasteiger partial charge in [0.05, 0.1) is 12.0 Å². The molecule has 0 spiro atoms. The molecule has 1 amide bonds. The molecule has 2 N–H and O–H groups in total. The summed E-state index contributed by atoms with van der Waals surface area (Å²) in [5.74, 6) is 0.608. The molecule has 2 heterocycles. The fraction of sp³-hybridized carbons (Fsp3) is 0.267. The van der Waals surface area contributed by atoms with E-state index in [2.05, 4.69) is 44.8 Å². The second-order valence-electron chi connectivity index (χ2n) is 4.84. The second-order valence-corrected chi connectivity index (χ2v) is 7.21. The average Bonchev–Trinajstić information content (AvgIpc) is 3.10. The molecule has 0 aliphatic carbocycles. The van der Waals surface area contributed by atoms with Crippen LogP contribution in [0.4, 0.5) is 0 Å². The van der Waals surface area contributed by atoms with Gasteiger partial charge in [0.15, 0.2) is 0 Å². The maximum absolute atomic E-state index is 12.1. The zero-order chi connectivity index (χ0) is 14.8. The number of methoxy groups -OCH3 is 1. The smallest absolute Gasteiger partial charge is 0.261 e. The SMILES string of the molecule is COc1cc(C(=O)NCc2ccc3c(c2)CNC3)sc1Br.Cl. The van der Waals surface area contributed by atoms with E-state index in [0.717, 1.165) is 22.4 Å². The monoisotopic (exact) mass is 402 g/mol. The highest BCUT2D eigenvalue weighted by Crippen LogP contribution is 2.34. The lowest BCUT2D eigenvalue weighted by Gasteiger charge is -2.06. The van der Waals surface area contributed by atoms with Crippen LogP contribution < -0.4 is 15.4 Å². The second kappa shape index (κ2) is 7.46. The standard InChI is InChI=1S/C15H15BrN2O2S.ClH/c1-20-12-5-13(21-14(12)16)15(19)18-6-9-2-3-10-7-17-8-11(10)4-9;/h2-5,17H,6-8H2,1H3,(H,18,19);1H. The van der Waals surface area contributed by atoms with Crippen molar-refractivity contribution in [2.45, 2.75) is 19.6 Å². The molecular formula is C15H16BrClN2O2S. The lowest BCUT2D eigenvalue weighted by atomic mass is 10.1. The molecule has 1 aliphatic rings. The summed E-state index contributed by atoms with van der Waals surface area (Å²) < 4.78 is 6.00. The highest BCUT2D eigenvalue weighted by molar-refractivity contribution is 9.11. The van der Waals surface area contributed by atoms with Crippen molar-refractivity contribution in [2.75, 3.05) is 7.11 Å². The minimum absolute atomic E-state index is 0. The quantitative estimate of drug-likeness (QED) is 0.822. The first-order chi connectivity index (χ1) is 10.2. The van der Waals surface area contributed by atoms with Gasteiger partial charge in [0, 0.05) is 25.7 Å². The maximum Gasteiger partial charge on any atom is 0.261 e. The van der Waals surface area contributed by atoms with Gasteiger partial charge in [-0.05, 0) is 32.6 Å². The number of amides is 1. The summed E-state index contributed by atoms with van der Waals surface area (Å²) in [6, 6.07) is 8.09. The molecular weight excluding hydrogens is 388 g/mol. The Morgan fingerprint density at radius 3 is 2.86 bits per heavy atom. The van der Waals surface area contributed by atoms with Crippen molar-refractivity contribution in [3.63, 3.8) is 0 Å². The molecule has 118 valence electrons. The number of hydrogen-bond acceptors (Lipinski definition) is 4. The molecule has 1 aromatic heterocycles. The van der Waals surface area contributed by atoms with E-state index in [9.17, 15) is 4.79 Å². The number of hydrogen-bond donors (Lipinski definition) is 2. The largest absolute Gasteiger partial charge is 0.495 e. The first kappa shape index (κ1) is 17.3. The Kier molecular flexibility index (Phi) is 5.86. The van der Waals surface area contributed by atoms with Gasteiger partial charge in [-0.15, -0.1) is 23.7 Å². The molecule has 3 rings (SSSR count). The summed E-state index contributed by atoms with van der Waals surface area (Å²) in [5.41, 5.74) is 3.78. The van der Waals surface area contributed by atoms with E-state index in [1.54, 1.807) is 13.2 Å². The minimum atomic E-state index is -0.0809. The maximum atomic E-state index is 12.1. The number of benzene rings is 1. The molecule has 7 heteroatoms. The molecule has 0 bridgehead atoms. The Balaban J connectivity index is 0.00000176. The number of halogens is 2. The van der Waals surface area contributed by atoms with Crippen molar-refractivity contribution < 1.29 is 9.53 Å². The summed E-state index contributed by atoms with van der Waals surface area (Å²) in [4.78, 5) is 12.8. The highest BCUT2D eigenvalue weighted by Gasteiger charge is 2.14. The van der Waals surface area contributed by atoms with Crippen LogP contribution in [0.25, 0.3) is 0 Å². The number of nitrogens with one attached hydrogen (secondary N) is 2. The predicted octanol–water partition coefficient (Wildman–Crippen LogP) is 3.47. The van der Waals surface area contributed by atoms with Gasteiger partial charge in [-0.2, -0.15) is 0 Å². The number of ether oxygens (including phenoxy) is 1. The van der Waals surface area contributed by atoms with Crippen LogP contribution in [-0.4, -0.2) is 13.0 Å². The Bertz CT molecular complexity index is 690. The van der Waals surface area contributed by atoms with Gasteiger partial charge in [0.2, 0.25) is 0 Å². The third-order valence-electron chi connectivity index (χ3n) is 3.45. The van der Waals surface area contributed by atoms with Gasteiger partial charge in [0.1, 0.15) is 9.54 Å². The first-order valence-electron chi connectivity index (χ1n) is 6.60. The Morgan fingerprint density at radius 2 is 2.14 bits per heavy atom. The summed E-state index contributed by atoms with van der Waals surface area (Å²) in [5, 5.41) is 6.26. The molecule has 1 aromatic carbocycles. The number of fused-ring (bicyclic) bond motifs is 1. The predicted molar refractivity (Wildman–Crippen MR) is 94.0 cm³/mol. The topological polar surface area (TPSA) is 50.4 Å². The summed E-state index contributed by atoms with van der Waals surface area (Å²) in [7, 11) is 1.59. The minimum Gasteiger partial charge on any atom is -0.495 e. The Hall–Kier alpha value is -1.08. The zero-order valence-corrected chi connectivity index (χ0v) is 15.2. The zero-order valence-electron chi connectivity index (χ0n) is 11.9. The van der Waals surface area contributed by atoms with Gasteiger partial charge < -0.3 is 15.4 Å². The third kappa shape index (κ3) is 3.63. The van der Waals surface area contributed by atoms with Crippen molar-refractivity contribution in [1.82, 2.24) is 10.6 Å². The van der Waals surface area contributed by atoms with Gasteiger partial charge >= 0.3 is 0 Å². The van der Waals surface area contributed by atoms with Crippen molar-refractivity contribution in [2.24, 2.45) is 0 Å². The molecule has 0 saturated heterocycles. The van der Waals surface area contributed by atoms with Crippen molar-refractivity contribution >= 4 is 45.6 Å². The molecule has 2 aromatic rings. The molecule has 1 aliphatic heterocycles. The average molecular weight is 404 g/mol. The fourth-order valence-corrected chi connectivity index (χ4v) is 3.90. The van der Waals surface area contributed by atoms with Crippen LogP contribution in [0.2, 0.25) is 0 Å². The molecule has 0 atom stereocenters. The summed E-state index contributed by atoms with van der Waals surface area (Å²) >= 11 is 4.75. The first-order valence-corrected chi connectivity index (χ1v) is 8.21. The van der Waals surface area contributed by atoms with E-state index >= 15 is 0 Å². The molecule has 0 fully saturated rings. The summed E-state index contributed by atoms with van der Waals surface area (Å²) in [6.45, 7) is 2.38. The normalized spacial score (nSPS) is 12.5. The van der Waals surface area contributed by atoms with Crippen LogP contribution in [-0.2, 0) is 19.6 Å². The van der Waals surface area contributed by atoms with E-state index in [-0.39, 0.29) is 18.3 Å². The van der Waals surface area contributed by atoms with Crippen LogP contribution >= 0.6 is 39.7 Å². The number of rotatable bonds is 4. The van der Waals surface area contributed by atoms with Gasteiger partial charge in [-0.25, -0.2) is 0 Å².